The predicted octanol–water partition coefficient (Wildman–Crippen LogP) is 5.51. The number of aryl methyl sites for hydroxylation is 1. The summed E-state index contributed by atoms with van der Waals surface area (Å²) in [6, 6.07) is 21.9. The highest BCUT2D eigenvalue weighted by molar-refractivity contribution is 7.98. The van der Waals surface area contributed by atoms with Gasteiger partial charge in [-0.3, -0.25) is 0 Å². The Labute approximate surface area is 197 Å². The molecule has 0 spiro atoms. The second kappa shape index (κ2) is 11.8. The molecule has 6 heteroatoms. The smallest absolute Gasteiger partial charge is 0.241 e. The number of sulfonamides is 1. The van der Waals surface area contributed by atoms with Crippen LogP contribution in [-0.2, 0) is 15.8 Å². The van der Waals surface area contributed by atoms with Crippen LogP contribution in [0.15, 0.2) is 71.6 Å². The van der Waals surface area contributed by atoms with Crippen LogP contribution in [0.4, 0.5) is 0 Å². The molecule has 4 nitrogen and oxygen atoms in total. The molecular weight excluding hydrogens is 436 g/mol. The first kappa shape index (κ1) is 24.8. The fraction of sp³-hybridized carbons (Fsp3) is 0.385. The molecule has 0 aliphatic rings. The molecule has 0 aromatic heterocycles. The Morgan fingerprint density at radius 1 is 0.906 bits per heavy atom. The Bertz CT molecular complexity index is 1100. The molecule has 1 atom stereocenters. The molecule has 32 heavy (non-hydrogen) atoms. The summed E-state index contributed by atoms with van der Waals surface area (Å²) in [7, 11) is -3.64. The summed E-state index contributed by atoms with van der Waals surface area (Å²) in [6.07, 6.45) is 1.72. The van der Waals surface area contributed by atoms with Crippen LogP contribution < -0.4 is 10.0 Å². The van der Waals surface area contributed by atoms with Crippen LogP contribution in [0.3, 0.4) is 0 Å². The Morgan fingerprint density at radius 2 is 1.59 bits per heavy atom. The standard InChI is InChI=1S/C26H34N2O2S2/c1-20(2)27-17-9-12-23(19-31-18-22-10-5-4-6-11-22)28-32(29,30)26-16-15-21(3)24-13-7-8-14-25(24)26/h4-8,10-11,13-16,20,23,27-28H,9,12,17-19H2,1-3H3/t23-/m0/s1. The van der Waals surface area contributed by atoms with Gasteiger partial charge >= 0.3 is 0 Å². The molecule has 0 saturated heterocycles. The molecule has 0 saturated carbocycles. The lowest BCUT2D eigenvalue weighted by molar-refractivity contribution is 0.510. The number of benzene rings is 3. The van der Waals surface area contributed by atoms with Crippen molar-refractivity contribution in [1.29, 1.82) is 0 Å². The Balaban J connectivity index is 1.73. The molecule has 172 valence electrons. The summed E-state index contributed by atoms with van der Waals surface area (Å²) in [5.41, 5.74) is 2.33. The van der Waals surface area contributed by atoms with Crippen LogP contribution in [-0.4, -0.2) is 32.8 Å². The van der Waals surface area contributed by atoms with Crippen LogP contribution in [0.25, 0.3) is 10.8 Å². The topological polar surface area (TPSA) is 58.2 Å². The van der Waals surface area contributed by atoms with Crippen molar-refractivity contribution in [2.45, 2.75) is 56.3 Å². The molecule has 3 aromatic carbocycles. The summed E-state index contributed by atoms with van der Waals surface area (Å²) in [6.45, 7) is 7.14. The maximum atomic E-state index is 13.4. The predicted molar refractivity (Wildman–Crippen MR) is 138 cm³/mol. The summed E-state index contributed by atoms with van der Waals surface area (Å²) in [4.78, 5) is 0.358. The first-order chi connectivity index (χ1) is 15.4. The lowest BCUT2D eigenvalue weighted by atomic mass is 10.1. The largest absolute Gasteiger partial charge is 0.315 e. The van der Waals surface area contributed by atoms with Crippen LogP contribution in [0.5, 0.6) is 0 Å². The number of fused-ring (bicyclic) bond motifs is 1. The number of thioether (sulfide) groups is 1. The van der Waals surface area contributed by atoms with Crippen molar-refractivity contribution in [3.63, 3.8) is 0 Å². The zero-order chi connectivity index (χ0) is 23.0. The van der Waals surface area contributed by atoms with Gasteiger partial charge in [-0.2, -0.15) is 11.8 Å². The minimum absolute atomic E-state index is 0.122. The number of hydrogen-bond donors (Lipinski definition) is 2. The van der Waals surface area contributed by atoms with E-state index in [9.17, 15) is 8.42 Å². The van der Waals surface area contributed by atoms with Gasteiger partial charge in [0.15, 0.2) is 0 Å². The van der Waals surface area contributed by atoms with Crippen molar-refractivity contribution in [1.82, 2.24) is 10.0 Å². The molecule has 0 amide bonds. The van der Waals surface area contributed by atoms with Gasteiger partial charge in [-0.1, -0.05) is 74.5 Å². The van der Waals surface area contributed by atoms with E-state index in [1.807, 2.05) is 55.5 Å². The number of hydrogen-bond acceptors (Lipinski definition) is 4. The first-order valence-electron chi connectivity index (χ1n) is 11.2. The number of nitrogens with one attached hydrogen (secondary N) is 2. The van der Waals surface area contributed by atoms with Crippen molar-refractivity contribution >= 4 is 32.6 Å². The molecule has 0 bridgehead atoms. The van der Waals surface area contributed by atoms with E-state index < -0.39 is 10.0 Å². The van der Waals surface area contributed by atoms with E-state index in [2.05, 4.69) is 36.0 Å². The van der Waals surface area contributed by atoms with E-state index in [4.69, 9.17) is 0 Å². The fourth-order valence-electron chi connectivity index (χ4n) is 3.75. The van der Waals surface area contributed by atoms with Crippen molar-refractivity contribution < 1.29 is 8.42 Å². The molecular formula is C26H34N2O2S2. The normalized spacial score (nSPS) is 13.0. The quantitative estimate of drug-likeness (QED) is 0.343. The van der Waals surface area contributed by atoms with Crippen molar-refractivity contribution in [3.05, 3.63) is 77.9 Å². The minimum atomic E-state index is -3.64. The molecule has 0 fully saturated rings. The molecule has 0 aliphatic carbocycles. The molecule has 0 radical (unpaired) electrons. The second-order valence-corrected chi connectivity index (χ2v) is 11.2. The lowest BCUT2D eigenvalue weighted by Gasteiger charge is -2.20. The molecule has 2 N–H and O–H groups in total. The van der Waals surface area contributed by atoms with Gasteiger partial charge in [0.2, 0.25) is 10.0 Å². The third-order valence-electron chi connectivity index (χ3n) is 5.43. The van der Waals surface area contributed by atoms with E-state index in [-0.39, 0.29) is 6.04 Å². The van der Waals surface area contributed by atoms with Gasteiger partial charge in [0.25, 0.3) is 0 Å². The van der Waals surface area contributed by atoms with E-state index >= 15 is 0 Å². The fourth-order valence-corrected chi connectivity index (χ4v) is 6.42. The average Bonchev–Trinajstić information content (AvgIpc) is 2.77. The maximum Gasteiger partial charge on any atom is 0.241 e. The third kappa shape index (κ3) is 7.07. The van der Waals surface area contributed by atoms with Gasteiger partial charge in [0.05, 0.1) is 4.90 Å². The van der Waals surface area contributed by atoms with Crippen LogP contribution in [0.2, 0.25) is 0 Å². The van der Waals surface area contributed by atoms with E-state index in [1.54, 1.807) is 17.8 Å². The summed E-state index contributed by atoms with van der Waals surface area (Å²) < 4.78 is 29.8. The average molecular weight is 471 g/mol. The number of rotatable bonds is 12. The van der Waals surface area contributed by atoms with E-state index in [0.29, 0.717) is 10.9 Å². The van der Waals surface area contributed by atoms with Gasteiger partial charge in [0, 0.05) is 29.0 Å². The van der Waals surface area contributed by atoms with Gasteiger partial charge in [-0.05, 0) is 48.9 Å². The van der Waals surface area contributed by atoms with E-state index in [0.717, 1.165) is 47.2 Å². The summed E-state index contributed by atoms with van der Waals surface area (Å²) >= 11 is 1.77. The maximum absolute atomic E-state index is 13.4. The molecule has 0 unspecified atom stereocenters. The monoisotopic (exact) mass is 470 g/mol. The third-order valence-corrected chi connectivity index (χ3v) is 8.18. The van der Waals surface area contributed by atoms with Gasteiger partial charge in [0.1, 0.15) is 0 Å². The molecule has 0 aliphatic heterocycles. The SMILES string of the molecule is Cc1ccc(S(=O)(=O)N[C@@H](CCCNC(C)C)CSCc2ccccc2)c2ccccc12. The van der Waals surface area contributed by atoms with Crippen molar-refractivity contribution in [3.8, 4) is 0 Å². The highest BCUT2D eigenvalue weighted by atomic mass is 32.2. The highest BCUT2D eigenvalue weighted by Gasteiger charge is 2.22. The van der Waals surface area contributed by atoms with Crippen molar-refractivity contribution in [2.75, 3.05) is 12.3 Å². The van der Waals surface area contributed by atoms with Gasteiger partial charge < -0.3 is 5.32 Å². The molecule has 3 rings (SSSR count). The van der Waals surface area contributed by atoms with Crippen molar-refractivity contribution in [2.24, 2.45) is 0 Å². The van der Waals surface area contributed by atoms with E-state index in [1.165, 1.54) is 5.56 Å². The zero-order valence-corrected chi connectivity index (χ0v) is 20.8. The highest BCUT2D eigenvalue weighted by Crippen LogP contribution is 2.26. The first-order valence-corrected chi connectivity index (χ1v) is 13.9. The van der Waals surface area contributed by atoms with Crippen LogP contribution in [0.1, 0.15) is 37.8 Å². The zero-order valence-electron chi connectivity index (χ0n) is 19.2. The lowest BCUT2D eigenvalue weighted by Crippen LogP contribution is -2.37. The van der Waals surface area contributed by atoms with Gasteiger partial charge in [-0.15, -0.1) is 0 Å². The van der Waals surface area contributed by atoms with Crippen LogP contribution >= 0.6 is 11.8 Å². The Morgan fingerprint density at radius 3 is 2.31 bits per heavy atom. The van der Waals surface area contributed by atoms with Gasteiger partial charge in [-0.25, -0.2) is 13.1 Å². The Kier molecular flexibility index (Phi) is 9.17. The van der Waals surface area contributed by atoms with Crippen LogP contribution in [0, 0.1) is 6.92 Å². The Hall–Kier alpha value is -1.86. The summed E-state index contributed by atoms with van der Waals surface area (Å²) in [5, 5.41) is 5.18. The summed E-state index contributed by atoms with van der Waals surface area (Å²) in [5.74, 6) is 1.61. The molecule has 3 aromatic rings. The minimum Gasteiger partial charge on any atom is -0.315 e. The molecule has 0 heterocycles. The second-order valence-electron chi connectivity index (χ2n) is 8.50.